The lowest BCUT2D eigenvalue weighted by Gasteiger charge is -2.12. The van der Waals surface area contributed by atoms with Gasteiger partial charge in [-0.05, 0) is 34.9 Å². The molecular formula is C23H16N4O8. The Morgan fingerprint density at radius 2 is 1.37 bits per heavy atom. The van der Waals surface area contributed by atoms with E-state index in [0.717, 1.165) is 30.0 Å². The predicted octanol–water partition coefficient (Wildman–Crippen LogP) is 4.74. The van der Waals surface area contributed by atoms with Gasteiger partial charge in [0.25, 0.3) is 17.1 Å². The van der Waals surface area contributed by atoms with E-state index in [-0.39, 0.29) is 27.8 Å². The van der Waals surface area contributed by atoms with Gasteiger partial charge in [-0.15, -0.1) is 0 Å². The Morgan fingerprint density at radius 3 is 1.86 bits per heavy atom. The molecule has 1 aliphatic rings. The van der Waals surface area contributed by atoms with E-state index < -0.39 is 43.4 Å². The number of nitro benzene ring substituents is 3. The van der Waals surface area contributed by atoms with Crippen molar-refractivity contribution in [2.24, 2.45) is 0 Å². The summed E-state index contributed by atoms with van der Waals surface area (Å²) < 4.78 is 0. The van der Waals surface area contributed by atoms with Gasteiger partial charge in [-0.2, -0.15) is 0 Å². The first kappa shape index (κ1) is 23.0. The second-order valence-electron chi connectivity index (χ2n) is 7.92. The molecule has 0 aromatic heterocycles. The van der Waals surface area contributed by atoms with Crippen molar-refractivity contribution in [1.29, 1.82) is 0 Å². The zero-order chi connectivity index (χ0) is 25.6. The second-order valence-corrected chi connectivity index (χ2v) is 7.92. The Balaban J connectivity index is 2.13. The van der Waals surface area contributed by atoms with Gasteiger partial charge in [0.15, 0.2) is 0 Å². The molecule has 176 valence electrons. The van der Waals surface area contributed by atoms with E-state index in [4.69, 9.17) is 0 Å². The minimum atomic E-state index is -1.53. The molecule has 0 aliphatic heterocycles. The van der Waals surface area contributed by atoms with Gasteiger partial charge in [-0.3, -0.25) is 30.3 Å². The number of rotatable bonds is 6. The molecule has 12 heteroatoms. The number of carboxylic acids is 1. The highest BCUT2D eigenvalue weighted by Crippen LogP contribution is 2.53. The van der Waals surface area contributed by atoms with Crippen LogP contribution in [0.5, 0.6) is 0 Å². The SMILES string of the molecule is CN(C)c1ccc(/C=C2/c3cc([N+](=O)[O-])cc(C(=O)O)c3-c3c2cc([N+](=O)[O-])cc3[N+](=O)[O-])cc1. The van der Waals surface area contributed by atoms with Crippen LogP contribution in [0.3, 0.4) is 0 Å². The van der Waals surface area contributed by atoms with E-state index >= 15 is 0 Å². The third kappa shape index (κ3) is 3.93. The maximum Gasteiger partial charge on any atom is 0.336 e. The van der Waals surface area contributed by atoms with Crippen molar-refractivity contribution >= 4 is 40.4 Å². The number of fused-ring (bicyclic) bond motifs is 3. The lowest BCUT2D eigenvalue weighted by molar-refractivity contribution is -0.393. The van der Waals surface area contributed by atoms with Crippen molar-refractivity contribution in [3.63, 3.8) is 0 Å². The molecule has 0 amide bonds. The van der Waals surface area contributed by atoms with Crippen LogP contribution in [0.2, 0.25) is 0 Å². The van der Waals surface area contributed by atoms with E-state index in [2.05, 4.69) is 0 Å². The molecule has 0 fully saturated rings. The summed E-state index contributed by atoms with van der Waals surface area (Å²) in [6.45, 7) is 0. The van der Waals surface area contributed by atoms with Crippen molar-refractivity contribution in [2.45, 2.75) is 0 Å². The number of non-ortho nitro benzene ring substituents is 2. The van der Waals surface area contributed by atoms with Crippen molar-refractivity contribution in [3.8, 4) is 11.1 Å². The lowest BCUT2D eigenvalue weighted by Crippen LogP contribution is -2.07. The average Bonchev–Trinajstić information content (AvgIpc) is 3.11. The fourth-order valence-electron chi connectivity index (χ4n) is 4.06. The Kier molecular flexibility index (Phi) is 5.49. The molecule has 4 rings (SSSR count). The normalized spacial score (nSPS) is 12.7. The lowest BCUT2D eigenvalue weighted by atomic mass is 9.96. The van der Waals surface area contributed by atoms with Crippen LogP contribution in [0.1, 0.15) is 27.0 Å². The van der Waals surface area contributed by atoms with Crippen LogP contribution in [-0.2, 0) is 0 Å². The second kappa shape index (κ2) is 8.33. The van der Waals surface area contributed by atoms with Crippen molar-refractivity contribution in [2.75, 3.05) is 19.0 Å². The minimum Gasteiger partial charge on any atom is -0.478 e. The number of benzene rings is 3. The topological polar surface area (TPSA) is 170 Å². The van der Waals surface area contributed by atoms with Crippen molar-refractivity contribution < 1.29 is 24.7 Å². The average molecular weight is 476 g/mol. The van der Waals surface area contributed by atoms with Crippen LogP contribution < -0.4 is 4.90 Å². The number of nitro groups is 3. The first-order chi connectivity index (χ1) is 16.5. The number of carboxylic acid groups (broad SMARTS) is 1. The molecular weight excluding hydrogens is 460 g/mol. The first-order valence-corrected chi connectivity index (χ1v) is 10.0. The summed E-state index contributed by atoms with van der Waals surface area (Å²) in [5, 5.41) is 44.7. The largest absolute Gasteiger partial charge is 0.478 e. The third-order valence-corrected chi connectivity index (χ3v) is 5.62. The van der Waals surface area contributed by atoms with E-state index in [0.29, 0.717) is 5.56 Å². The number of hydrogen-bond acceptors (Lipinski definition) is 8. The van der Waals surface area contributed by atoms with Gasteiger partial charge in [0.1, 0.15) is 0 Å². The van der Waals surface area contributed by atoms with Crippen LogP contribution in [0, 0.1) is 30.3 Å². The number of nitrogens with zero attached hydrogens (tertiary/aromatic N) is 4. The van der Waals surface area contributed by atoms with Gasteiger partial charge in [-0.1, -0.05) is 12.1 Å². The molecule has 0 bridgehead atoms. The molecule has 0 saturated heterocycles. The molecule has 0 saturated carbocycles. The Bertz CT molecular complexity index is 1390. The highest BCUT2D eigenvalue weighted by molar-refractivity contribution is 6.14. The summed E-state index contributed by atoms with van der Waals surface area (Å²) in [7, 11) is 3.70. The number of carbonyl (C=O) groups is 1. The van der Waals surface area contributed by atoms with Crippen LogP contribution in [0.25, 0.3) is 22.8 Å². The maximum absolute atomic E-state index is 12.0. The van der Waals surface area contributed by atoms with E-state index in [9.17, 15) is 40.2 Å². The third-order valence-electron chi connectivity index (χ3n) is 5.62. The highest BCUT2D eigenvalue weighted by atomic mass is 16.6. The first-order valence-electron chi connectivity index (χ1n) is 10.0. The summed E-state index contributed by atoms with van der Waals surface area (Å²) in [6.07, 6.45) is 1.56. The molecule has 1 N–H and O–H groups in total. The summed E-state index contributed by atoms with van der Waals surface area (Å²) in [5.41, 5.74) is -0.732. The quantitative estimate of drug-likeness (QED) is 0.305. The highest BCUT2D eigenvalue weighted by Gasteiger charge is 2.38. The van der Waals surface area contributed by atoms with Gasteiger partial charge in [0.05, 0.1) is 32.0 Å². The Labute approximate surface area is 196 Å². The van der Waals surface area contributed by atoms with Crippen LogP contribution in [0.4, 0.5) is 22.7 Å². The molecule has 0 spiro atoms. The smallest absolute Gasteiger partial charge is 0.336 e. The van der Waals surface area contributed by atoms with Crippen molar-refractivity contribution in [1.82, 2.24) is 0 Å². The van der Waals surface area contributed by atoms with Gasteiger partial charge < -0.3 is 10.0 Å². The molecule has 35 heavy (non-hydrogen) atoms. The number of hydrogen-bond donors (Lipinski definition) is 1. The van der Waals surface area contributed by atoms with Crippen LogP contribution in [0.15, 0.2) is 48.5 Å². The molecule has 3 aromatic rings. The number of anilines is 1. The van der Waals surface area contributed by atoms with E-state index in [1.807, 2.05) is 19.0 Å². The van der Waals surface area contributed by atoms with Gasteiger partial charge in [0, 0.05) is 49.1 Å². The fourth-order valence-corrected chi connectivity index (χ4v) is 4.06. The minimum absolute atomic E-state index is 0.0422. The summed E-state index contributed by atoms with van der Waals surface area (Å²) in [5.74, 6) is -1.53. The molecule has 0 atom stereocenters. The molecule has 0 unspecified atom stereocenters. The molecule has 12 nitrogen and oxygen atoms in total. The monoisotopic (exact) mass is 476 g/mol. The zero-order valence-corrected chi connectivity index (χ0v) is 18.3. The summed E-state index contributed by atoms with van der Waals surface area (Å²) in [6, 6.07) is 10.9. The molecule has 0 heterocycles. The van der Waals surface area contributed by atoms with Gasteiger partial charge in [0.2, 0.25) is 0 Å². The van der Waals surface area contributed by atoms with E-state index in [1.54, 1.807) is 30.3 Å². The van der Waals surface area contributed by atoms with Crippen LogP contribution >= 0.6 is 0 Å². The van der Waals surface area contributed by atoms with Crippen molar-refractivity contribution in [3.05, 3.63) is 101 Å². The standard InChI is InChI=1S/C23H16N4O8/c1-24(2)13-5-3-12(4-6-13)7-16-17-8-14(25(30)31)10-19(23(28)29)21(17)22-18(16)9-15(26(32)33)11-20(22)27(34)35/h3-11H,1-2H3,(H,28,29)/b16-7-. The Morgan fingerprint density at radius 1 is 0.829 bits per heavy atom. The van der Waals surface area contributed by atoms with Gasteiger partial charge >= 0.3 is 5.97 Å². The molecule has 1 aliphatic carbocycles. The summed E-state index contributed by atoms with van der Waals surface area (Å²) in [4.78, 5) is 46.4. The number of aromatic carboxylic acids is 1. The zero-order valence-electron chi connectivity index (χ0n) is 18.3. The predicted molar refractivity (Wildman–Crippen MR) is 127 cm³/mol. The van der Waals surface area contributed by atoms with Gasteiger partial charge in [-0.25, -0.2) is 4.79 Å². The summed E-state index contributed by atoms with van der Waals surface area (Å²) >= 11 is 0. The van der Waals surface area contributed by atoms with E-state index in [1.165, 1.54) is 0 Å². The molecule has 3 aromatic carbocycles. The Hall–Kier alpha value is -5.13. The van der Waals surface area contributed by atoms with Crippen LogP contribution in [-0.4, -0.2) is 39.9 Å². The molecule has 0 radical (unpaired) electrons. The fraction of sp³-hybridized carbons (Fsp3) is 0.0870. The maximum atomic E-state index is 12.0.